The van der Waals surface area contributed by atoms with E-state index in [0.29, 0.717) is 36.5 Å². The molecule has 4 rings (SSSR count). The zero-order valence-corrected chi connectivity index (χ0v) is 18.7. The first-order valence-corrected chi connectivity index (χ1v) is 11.1. The number of halogens is 2. The van der Waals surface area contributed by atoms with Crippen molar-refractivity contribution in [3.05, 3.63) is 83.1 Å². The van der Waals surface area contributed by atoms with Gasteiger partial charge in [-0.25, -0.2) is 13.8 Å². The number of pyridine rings is 1. The highest BCUT2D eigenvalue weighted by molar-refractivity contribution is 5.94. The third kappa shape index (κ3) is 6.27. The third-order valence-corrected chi connectivity index (χ3v) is 5.59. The number of aromatic nitrogens is 1. The molecule has 9 heteroatoms. The quantitative estimate of drug-likeness (QED) is 0.418. The van der Waals surface area contributed by atoms with E-state index >= 15 is 0 Å². The summed E-state index contributed by atoms with van der Waals surface area (Å²) in [6.07, 6.45) is 1.95. The maximum Gasteiger partial charge on any atom is 0.250 e. The molecule has 0 atom stereocenters. The minimum absolute atomic E-state index is 0.298. The van der Waals surface area contributed by atoms with Gasteiger partial charge >= 0.3 is 0 Å². The third-order valence-electron chi connectivity index (χ3n) is 5.59. The fourth-order valence-electron chi connectivity index (χ4n) is 3.89. The zero-order valence-electron chi connectivity index (χ0n) is 18.7. The number of benzene rings is 2. The molecular weight excluding hydrogens is 440 g/mol. The Bertz CT molecular complexity index is 1110. The number of nitrogens with two attached hydrogens (primary N) is 1. The van der Waals surface area contributed by atoms with E-state index in [4.69, 9.17) is 10.5 Å². The summed E-state index contributed by atoms with van der Waals surface area (Å²) in [5.74, 6) is -1.20. The van der Waals surface area contributed by atoms with E-state index in [1.54, 1.807) is 6.07 Å². The number of anilines is 3. The molecule has 1 aromatic heterocycles. The molecule has 0 aliphatic carbocycles. The Morgan fingerprint density at radius 2 is 1.76 bits per heavy atom. The molecule has 2 aromatic carbocycles. The summed E-state index contributed by atoms with van der Waals surface area (Å²) < 4.78 is 32.1. The van der Waals surface area contributed by atoms with Crippen molar-refractivity contribution in [2.45, 2.75) is 13.0 Å². The van der Waals surface area contributed by atoms with Crippen molar-refractivity contribution >= 4 is 23.1 Å². The van der Waals surface area contributed by atoms with E-state index in [1.807, 2.05) is 24.3 Å². The van der Waals surface area contributed by atoms with Gasteiger partial charge in [-0.2, -0.15) is 0 Å². The van der Waals surface area contributed by atoms with Crippen LogP contribution in [0.4, 0.5) is 26.0 Å². The monoisotopic (exact) mass is 467 g/mol. The van der Waals surface area contributed by atoms with Crippen LogP contribution in [0.3, 0.4) is 0 Å². The molecule has 3 aromatic rings. The number of nitrogens with one attached hydrogen (secondary N) is 2. The van der Waals surface area contributed by atoms with Crippen LogP contribution < -0.4 is 21.3 Å². The number of ether oxygens (including phenoxy) is 1. The molecule has 1 aliphatic heterocycles. The van der Waals surface area contributed by atoms with Crippen molar-refractivity contribution in [1.29, 1.82) is 0 Å². The normalized spacial score (nSPS) is 13.6. The van der Waals surface area contributed by atoms with Gasteiger partial charge < -0.3 is 26.0 Å². The summed E-state index contributed by atoms with van der Waals surface area (Å²) in [5.41, 5.74) is 9.09. The molecule has 34 heavy (non-hydrogen) atoms. The van der Waals surface area contributed by atoms with Crippen LogP contribution in [0.1, 0.15) is 21.5 Å². The summed E-state index contributed by atoms with van der Waals surface area (Å²) in [7, 11) is 0. The molecule has 1 saturated heterocycles. The first-order valence-electron chi connectivity index (χ1n) is 11.1. The van der Waals surface area contributed by atoms with Gasteiger partial charge in [0.1, 0.15) is 17.5 Å². The molecule has 2 heterocycles. The average molecular weight is 468 g/mol. The highest BCUT2D eigenvalue weighted by Crippen LogP contribution is 2.22. The Balaban J connectivity index is 1.38. The molecule has 4 N–H and O–H groups in total. The van der Waals surface area contributed by atoms with Gasteiger partial charge in [0.15, 0.2) is 0 Å². The minimum Gasteiger partial charge on any atom is -0.378 e. The fraction of sp³-hybridized carbons (Fsp3) is 0.280. The highest BCUT2D eigenvalue weighted by atomic mass is 19.1. The largest absolute Gasteiger partial charge is 0.378 e. The predicted molar refractivity (Wildman–Crippen MR) is 127 cm³/mol. The molecule has 0 unspecified atom stereocenters. The molecular formula is C25H27F2N5O2. The lowest BCUT2D eigenvalue weighted by Crippen LogP contribution is -2.36. The number of hydrogen-bond acceptors (Lipinski definition) is 6. The Kier molecular flexibility index (Phi) is 7.66. The first kappa shape index (κ1) is 23.6. The SMILES string of the molecule is NC(=O)c1cnc(Nc2ccc(N3CCOCC3)cc2)cc1CCNCc1cc(F)cc(F)c1. The van der Waals surface area contributed by atoms with Crippen LogP contribution in [0.15, 0.2) is 54.7 Å². The van der Waals surface area contributed by atoms with Crippen LogP contribution in [-0.4, -0.2) is 43.7 Å². The van der Waals surface area contributed by atoms with Crippen LogP contribution >= 0.6 is 0 Å². The Morgan fingerprint density at radius 1 is 1.06 bits per heavy atom. The number of amides is 1. The summed E-state index contributed by atoms with van der Waals surface area (Å²) in [4.78, 5) is 18.4. The summed E-state index contributed by atoms with van der Waals surface area (Å²) >= 11 is 0. The topological polar surface area (TPSA) is 92.5 Å². The van der Waals surface area contributed by atoms with E-state index in [2.05, 4.69) is 20.5 Å². The average Bonchev–Trinajstić information content (AvgIpc) is 2.82. The first-order chi connectivity index (χ1) is 16.5. The van der Waals surface area contributed by atoms with Crippen molar-refractivity contribution in [3.63, 3.8) is 0 Å². The molecule has 0 saturated carbocycles. The second kappa shape index (κ2) is 11.0. The number of morpholine rings is 1. The number of nitrogens with zero attached hydrogens (tertiary/aromatic N) is 2. The van der Waals surface area contributed by atoms with Crippen LogP contribution in [0.2, 0.25) is 0 Å². The number of hydrogen-bond donors (Lipinski definition) is 3. The zero-order chi connectivity index (χ0) is 23.9. The van der Waals surface area contributed by atoms with Gasteiger partial charge in [0.25, 0.3) is 5.91 Å². The van der Waals surface area contributed by atoms with Gasteiger partial charge in [-0.1, -0.05) is 0 Å². The molecule has 178 valence electrons. The molecule has 0 radical (unpaired) electrons. The van der Waals surface area contributed by atoms with Crippen LogP contribution in [0.5, 0.6) is 0 Å². The van der Waals surface area contributed by atoms with E-state index in [-0.39, 0.29) is 0 Å². The molecule has 0 bridgehead atoms. The molecule has 1 amide bonds. The summed E-state index contributed by atoms with van der Waals surface area (Å²) in [6.45, 7) is 3.98. The Morgan fingerprint density at radius 3 is 2.44 bits per heavy atom. The summed E-state index contributed by atoms with van der Waals surface area (Å²) in [5, 5.41) is 6.40. The number of carbonyl (C=O) groups is 1. The van der Waals surface area contributed by atoms with Crippen LogP contribution in [0, 0.1) is 11.6 Å². The Labute approximate surface area is 196 Å². The molecule has 1 aliphatic rings. The standard InChI is InChI=1S/C25H27F2N5O2/c26-19-11-17(12-20(27)14-19)15-29-6-5-18-13-24(30-16-23(18)25(28)33)31-21-1-3-22(4-2-21)32-7-9-34-10-8-32/h1-4,11-14,16,29H,5-10,15H2,(H2,28,33)(H,30,31). The number of rotatable bonds is 9. The van der Waals surface area contributed by atoms with Gasteiger partial charge in [-0.15, -0.1) is 0 Å². The maximum atomic E-state index is 13.3. The number of carbonyl (C=O) groups excluding carboxylic acids is 1. The van der Waals surface area contributed by atoms with Crippen molar-refractivity contribution in [2.24, 2.45) is 5.73 Å². The van der Waals surface area contributed by atoms with Gasteiger partial charge in [-0.3, -0.25) is 4.79 Å². The van der Waals surface area contributed by atoms with Crippen molar-refractivity contribution in [1.82, 2.24) is 10.3 Å². The fourth-order valence-corrected chi connectivity index (χ4v) is 3.89. The van der Waals surface area contributed by atoms with Gasteiger partial charge in [0.2, 0.25) is 0 Å². The Hall–Kier alpha value is -3.56. The lowest BCUT2D eigenvalue weighted by atomic mass is 10.1. The predicted octanol–water partition coefficient (Wildman–Crippen LogP) is 3.37. The number of primary amides is 1. The van der Waals surface area contributed by atoms with Crippen molar-refractivity contribution in [3.8, 4) is 0 Å². The molecule has 1 fully saturated rings. The lowest BCUT2D eigenvalue weighted by Gasteiger charge is -2.28. The molecule has 7 nitrogen and oxygen atoms in total. The van der Waals surface area contributed by atoms with Crippen LogP contribution in [-0.2, 0) is 17.7 Å². The summed E-state index contributed by atoms with van der Waals surface area (Å²) in [6, 6.07) is 13.2. The van der Waals surface area contributed by atoms with Gasteiger partial charge in [0, 0.05) is 43.3 Å². The smallest absolute Gasteiger partial charge is 0.250 e. The van der Waals surface area contributed by atoms with E-state index in [1.165, 1.54) is 18.3 Å². The van der Waals surface area contributed by atoms with E-state index in [9.17, 15) is 13.6 Å². The van der Waals surface area contributed by atoms with Crippen LogP contribution in [0.25, 0.3) is 0 Å². The maximum absolute atomic E-state index is 13.3. The lowest BCUT2D eigenvalue weighted by molar-refractivity contribution is 0.0999. The van der Waals surface area contributed by atoms with E-state index in [0.717, 1.165) is 49.3 Å². The van der Waals surface area contributed by atoms with Crippen molar-refractivity contribution in [2.75, 3.05) is 43.1 Å². The van der Waals surface area contributed by atoms with E-state index < -0.39 is 17.5 Å². The minimum atomic E-state index is -0.615. The van der Waals surface area contributed by atoms with Gasteiger partial charge in [-0.05, 0) is 66.6 Å². The van der Waals surface area contributed by atoms with Gasteiger partial charge in [0.05, 0.1) is 18.8 Å². The molecule has 0 spiro atoms. The van der Waals surface area contributed by atoms with Crippen molar-refractivity contribution < 1.29 is 18.3 Å². The second-order valence-corrected chi connectivity index (χ2v) is 8.07. The highest BCUT2D eigenvalue weighted by Gasteiger charge is 2.13. The second-order valence-electron chi connectivity index (χ2n) is 8.07.